The summed E-state index contributed by atoms with van der Waals surface area (Å²) in [5.74, 6) is -0.341. The van der Waals surface area contributed by atoms with Gasteiger partial charge in [0.2, 0.25) is 5.91 Å². The van der Waals surface area contributed by atoms with Gasteiger partial charge < -0.3 is 20.6 Å². The Morgan fingerprint density at radius 1 is 0.650 bits per heavy atom. The van der Waals surface area contributed by atoms with Crippen LogP contribution >= 0.6 is 0 Å². The van der Waals surface area contributed by atoms with Crippen LogP contribution in [0.5, 0.6) is 0 Å². The molecule has 0 heterocycles. The number of hydrogen-bond acceptors (Lipinski definition) is 4. The zero-order valence-electron chi connectivity index (χ0n) is 25.9. The highest BCUT2D eigenvalue weighted by atomic mass is 16.3. The maximum absolute atomic E-state index is 12.3. The van der Waals surface area contributed by atoms with E-state index in [1.54, 1.807) is 6.08 Å². The second-order valence-electron chi connectivity index (χ2n) is 11.0. The predicted molar refractivity (Wildman–Crippen MR) is 171 cm³/mol. The molecule has 0 bridgehead atoms. The van der Waals surface area contributed by atoms with Crippen LogP contribution in [-0.2, 0) is 4.79 Å². The summed E-state index contributed by atoms with van der Waals surface area (Å²) in [7, 11) is 0. The first-order valence-corrected chi connectivity index (χ1v) is 16.4. The summed E-state index contributed by atoms with van der Waals surface area (Å²) in [6, 6.07) is -0.767. The first-order chi connectivity index (χ1) is 19.5. The van der Waals surface area contributed by atoms with Crippen molar-refractivity contribution in [2.75, 3.05) is 6.61 Å². The molecule has 4 N–H and O–H groups in total. The number of aliphatic hydroxyl groups excluding tert-OH is 3. The molecule has 0 aromatic carbocycles. The lowest BCUT2D eigenvalue weighted by Crippen LogP contribution is -2.45. The molecule has 0 spiro atoms. The zero-order valence-corrected chi connectivity index (χ0v) is 25.9. The summed E-state index contributed by atoms with van der Waals surface area (Å²) >= 11 is 0. The molecular weight excluding hydrogens is 498 g/mol. The molecule has 0 saturated carbocycles. The summed E-state index contributed by atoms with van der Waals surface area (Å²) in [5, 5.41) is 32.8. The molecule has 232 valence electrons. The second-order valence-corrected chi connectivity index (χ2v) is 11.0. The van der Waals surface area contributed by atoms with Crippen LogP contribution in [0.15, 0.2) is 48.6 Å². The Morgan fingerprint density at radius 3 is 1.73 bits per heavy atom. The van der Waals surface area contributed by atoms with Gasteiger partial charge in [0.15, 0.2) is 0 Å². The van der Waals surface area contributed by atoms with E-state index >= 15 is 0 Å². The molecule has 0 rings (SSSR count). The lowest BCUT2D eigenvalue weighted by molar-refractivity contribution is -0.124. The minimum atomic E-state index is -0.959. The van der Waals surface area contributed by atoms with Crippen molar-refractivity contribution in [2.45, 2.75) is 161 Å². The second kappa shape index (κ2) is 30.3. The first-order valence-electron chi connectivity index (χ1n) is 16.4. The molecule has 0 aliphatic heterocycles. The summed E-state index contributed by atoms with van der Waals surface area (Å²) in [5.41, 5.74) is 0. The van der Waals surface area contributed by atoms with Crippen LogP contribution in [0.2, 0.25) is 0 Å². The quantitative estimate of drug-likeness (QED) is 0.0572. The highest BCUT2D eigenvalue weighted by Crippen LogP contribution is 2.12. The fraction of sp³-hybridized carbons (Fsp3) is 0.743. The van der Waals surface area contributed by atoms with Crippen LogP contribution in [0.25, 0.3) is 0 Å². The summed E-state index contributed by atoms with van der Waals surface area (Å²) < 4.78 is 0. The first kappa shape index (κ1) is 38.3. The number of aliphatic hydroxyl groups is 3. The van der Waals surface area contributed by atoms with Gasteiger partial charge in [0, 0.05) is 0 Å². The lowest BCUT2D eigenvalue weighted by Gasteiger charge is -2.20. The van der Waals surface area contributed by atoms with Gasteiger partial charge in [-0.1, -0.05) is 120 Å². The molecule has 5 nitrogen and oxygen atoms in total. The molecular formula is C35H63NO4. The van der Waals surface area contributed by atoms with E-state index in [4.69, 9.17) is 0 Å². The summed E-state index contributed by atoms with van der Waals surface area (Å²) in [4.78, 5) is 12.3. The highest BCUT2D eigenvalue weighted by Gasteiger charge is 2.19. The molecule has 0 aliphatic carbocycles. The molecule has 0 radical (unpaired) electrons. The van der Waals surface area contributed by atoms with Crippen molar-refractivity contribution in [3.05, 3.63) is 48.6 Å². The number of nitrogens with one attached hydrogen (secondary N) is 1. The molecule has 40 heavy (non-hydrogen) atoms. The number of carbonyl (C=O) groups is 1. The largest absolute Gasteiger partial charge is 0.394 e. The van der Waals surface area contributed by atoms with Crippen molar-refractivity contribution >= 4 is 5.91 Å². The molecule has 5 heteroatoms. The van der Waals surface area contributed by atoms with Crippen molar-refractivity contribution in [2.24, 2.45) is 0 Å². The Labute approximate surface area is 246 Å². The van der Waals surface area contributed by atoms with Crippen LogP contribution in [0.4, 0.5) is 0 Å². The molecule has 3 atom stereocenters. The molecule has 0 aromatic heterocycles. The summed E-state index contributed by atoms with van der Waals surface area (Å²) in [6.07, 6.45) is 36.6. The average molecular weight is 562 g/mol. The van der Waals surface area contributed by atoms with E-state index in [-0.39, 0.29) is 18.9 Å². The Balaban J connectivity index is 3.83. The van der Waals surface area contributed by atoms with Crippen LogP contribution in [0.1, 0.15) is 142 Å². The average Bonchev–Trinajstić information content (AvgIpc) is 2.94. The lowest BCUT2D eigenvalue weighted by atomic mass is 10.0. The van der Waals surface area contributed by atoms with E-state index in [0.717, 1.165) is 57.8 Å². The van der Waals surface area contributed by atoms with Crippen molar-refractivity contribution in [3.8, 4) is 0 Å². The van der Waals surface area contributed by atoms with E-state index in [0.29, 0.717) is 6.42 Å². The van der Waals surface area contributed by atoms with E-state index in [1.807, 2.05) is 6.08 Å². The maximum atomic E-state index is 12.3. The van der Waals surface area contributed by atoms with Crippen molar-refractivity contribution in [1.29, 1.82) is 0 Å². The van der Waals surface area contributed by atoms with E-state index in [1.165, 1.54) is 57.8 Å². The van der Waals surface area contributed by atoms with Gasteiger partial charge in [-0.05, 0) is 64.2 Å². The minimum Gasteiger partial charge on any atom is -0.394 e. The molecule has 3 unspecified atom stereocenters. The Hall–Kier alpha value is -1.69. The van der Waals surface area contributed by atoms with E-state index in [2.05, 4.69) is 55.6 Å². The highest BCUT2D eigenvalue weighted by molar-refractivity contribution is 5.76. The monoisotopic (exact) mass is 561 g/mol. The number of carbonyl (C=O) groups excluding carboxylic acids is 1. The Bertz CT molecular complexity index is 670. The van der Waals surface area contributed by atoms with Gasteiger partial charge in [0.05, 0.1) is 31.3 Å². The van der Waals surface area contributed by atoms with Gasteiger partial charge >= 0.3 is 0 Å². The molecule has 0 aromatic rings. The number of unbranched alkanes of at least 4 members (excludes halogenated alkanes) is 13. The third-order valence-corrected chi connectivity index (χ3v) is 7.08. The van der Waals surface area contributed by atoms with Gasteiger partial charge in [0.1, 0.15) is 0 Å². The Kier molecular flexibility index (Phi) is 29.0. The van der Waals surface area contributed by atoms with Crippen molar-refractivity contribution in [3.63, 3.8) is 0 Å². The van der Waals surface area contributed by atoms with E-state index in [9.17, 15) is 20.1 Å². The normalized spacial score (nSPS) is 14.6. The summed E-state index contributed by atoms with van der Waals surface area (Å²) in [6.45, 7) is 4.03. The number of rotatable bonds is 28. The third-order valence-electron chi connectivity index (χ3n) is 7.08. The number of allylic oxidation sites excluding steroid dienone is 7. The number of hydrogen-bond donors (Lipinski definition) is 4. The fourth-order valence-electron chi connectivity index (χ4n) is 4.55. The van der Waals surface area contributed by atoms with Crippen molar-refractivity contribution < 1.29 is 20.1 Å². The van der Waals surface area contributed by atoms with Crippen LogP contribution < -0.4 is 5.32 Å². The number of amides is 1. The minimum absolute atomic E-state index is 0.00538. The van der Waals surface area contributed by atoms with Crippen LogP contribution in [0, 0.1) is 0 Å². The molecule has 0 saturated heterocycles. The molecule has 0 aliphatic rings. The van der Waals surface area contributed by atoms with Crippen molar-refractivity contribution in [1.82, 2.24) is 5.32 Å². The topological polar surface area (TPSA) is 89.8 Å². The molecule has 1 amide bonds. The van der Waals surface area contributed by atoms with Gasteiger partial charge in [0.25, 0.3) is 0 Å². The van der Waals surface area contributed by atoms with E-state index < -0.39 is 18.2 Å². The zero-order chi connectivity index (χ0) is 29.5. The smallest absolute Gasteiger partial charge is 0.222 e. The fourth-order valence-corrected chi connectivity index (χ4v) is 4.55. The van der Waals surface area contributed by atoms with Gasteiger partial charge in [-0.15, -0.1) is 0 Å². The maximum Gasteiger partial charge on any atom is 0.222 e. The Morgan fingerprint density at radius 2 is 1.15 bits per heavy atom. The van der Waals surface area contributed by atoms with Crippen LogP contribution in [0.3, 0.4) is 0 Å². The predicted octanol–water partition coefficient (Wildman–Crippen LogP) is 8.25. The SMILES string of the molecule is CC/C=C/CC/C=C/CC/C=C/C(O)C(CO)NC(=O)CC(O)CCCCCCC/C=C\CCCCCCCC. The van der Waals surface area contributed by atoms with Gasteiger partial charge in [-0.3, -0.25) is 4.79 Å². The standard InChI is InChI=1S/C35H63NO4/c1-3-5-7-9-11-13-15-16-17-18-19-20-22-24-26-28-32(38)30-35(40)36-33(31-37)34(39)29-27-25-23-21-14-12-10-8-6-4-2/h6,8,14,16-17,21,27,29,32-34,37-39H,3-5,7,9-13,15,18-20,22-26,28,30-31H2,1-2H3,(H,36,40)/b8-6+,17-16-,21-14+,29-27+. The van der Waals surface area contributed by atoms with Crippen LogP contribution in [-0.4, -0.2) is 46.1 Å². The van der Waals surface area contributed by atoms with Gasteiger partial charge in [-0.25, -0.2) is 0 Å². The molecule has 0 fully saturated rings. The van der Waals surface area contributed by atoms with Gasteiger partial charge in [-0.2, -0.15) is 0 Å². The third kappa shape index (κ3) is 26.5.